The van der Waals surface area contributed by atoms with Gasteiger partial charge in [0.15, 0.2) is 0 Å². The van der Waals surface area contributed by atoms with Crippen LogP contribution in [-0.4, -0.2) is 18.3 Å². The van der Waals surface area contributed by atoms with E-state index in [1.807, 2.05) is 0 Å². The van der Waals surface area contributed by atoms with Gasteiger partial charge in [-0.2, -0.15) is 0 Å². The van der Waals surface area contributed by atoms with Gasteiger partial charge in [-0.15, -0.1) is 0 Å². The number of aliphatic hydroxyl groups excluding tert-OH is 1. The predicted octanol–water partition coefficient (Wildman–Crippen LogP) is 3.84. The average Bonchev–Trinajstić information content (AvgIpc) is 2.90. The highest BCUT2D eigenvalue weighted by Gasteiger charge is 2.19. The van der Waals surface area contributed by atoms with Crippen LogP contribution in [0.25, 0.3) is 0 Å². The van der Waals surface area contributed by atoms with Crippen LogP contribution in [0.3, 0.4) is 0 Å². The lowest BCUT2D eigenvalue weighted by Crippen LogP contribution is -2.05. The fourth-order valence-electron chi connectivity index (χ4n) is 2.82. The Labute approximate surface area is 110 Å². The lowest BCUT2D eigenvalue weighted by atomic mass is 9.92. The van der Waals surface area contributed by atoms with Crippen molar-refractivity contribution < 1.29 is 9.84 Å². The quantitative estimate of drug-likeness (QED) is 0.858. The van der Waals surface area contributed by atoms with Gasteiger partial charge < -0.3 is 9.84 Å². The summed E-state index contributed by atoms with van der Waals surface area (Å²) in [6.45, 7) is 4.84. The van der Waals surface area contributed by atoms with Crippen molar-refractivity contribution >= 4 is 0 Å². The molecule has 0 aliphatic heterocycles. The first-order chi connectivity index (χ1) is 8.72. The number of hydrogen-bond donors (Lipinski definition) is 1. The molecule has 100 valence electrons. The average molecular weight is 248 g/mol. The van der Waals surface area contributed by atoms with E-state index in [0.717, 1.165) is 11.7 Å². The molecule has 1 aromatic carbocycles. The minimum absolute atomic E-state index is 0.0713. The van der Waals surface area contributed by atoms with Gasteiger partial charge in [0.1, 0.15) is 12.4 Å². The van der Waals surface area contributed by atoms with Crippen molar-refractivity contribution in [2.24, 2.45) is 0 Å². The van der Waals surface area contributed by atoms with Crippen LogP contribution in [0.5, 0.6) is 5.75 Å². The zero-order valence-electron chi connectivity index (χ0n) is 11.5. The van der Waals surface area contributed by atoms with Gasteiger partial charge in [0.05, 0.1) is 6.61 Å². The Kier molecular flexibility index (Phi) is 4.65. The second-order valence-corrected chi connectivity index (χ2v) is 5.51. The molecule has 0 aromatic heterocycles. The number of ether oxygens (including phenoxy) is 1. The van der Waals surface area contributed by atoms with Gasteiger partial charge in [-0.25, -0.2) is 0 Å². The molecule has 0 saturated heterocycles. The molecule has 0 unspecified atom stereocenters. The van der Waals surface area contributed by atoms with E-state index in [9.17, 15) is 0 Å². The summed E-state index contributed by atoms with van der Waals surface area (Å²) in [5.74, 6) is 2.13. The molecular formula is C16H24O2. The predicted molar refractivity (Wildman–Crippen MR) is 74.3 cm³/mol. The summed E-state index contributed by atoms with van der Waals surface area (Å²) in [4.78, 5) is 0. The topological polar surface area (TPSA) is 29.5 Å². The van der Waals surface area contributed by atoms with E-state index in [0.29, 0.717) is 12.5 Å². The van der Waals surface area contributed by atoms with Crippen LogP contribution in [-0.2, 0) is 0 Å². The van der Waals surface area contributed by atoms with Gasteiger partial charge in [0.25, 0.3) is 0 Å². The smallest absolute Gasteiger partial charge is 0.122 e. The van der Waals surface area contributed by atoms with Gasteiger partial charge in [-0.1, -0.05) is 38.8 Å². The molecule has 1 saturated carbocycles. The molecule has 0 radical (unpaired) electrons. The maximum Gasteiger partial charge on any atom is 0.122 e. The summed E-state index contributed by atoms with van der Waals surface area (Å²) >= 11 is 0. The van der Waals surface area contributed by atoms with Crippen LogP contribution < -0.4 is 4.74 Å². The summed E-state index contributed by atoms with van der Waals surface area (Å²) in [7, 11) is 0. The van der Waals surface area contributed by atoms with Crippen molar-refractivity contribution in [3.63, 3.8) is 0 Å². The summed E-state index contributed by atoms with van der Waals surface area (Å²) in [5.41, 5.74) is 2.74. The second-order valence-electron chi connectivity index (χ2n) is 5.51. The zero-order chi connectivity index (χ0) is 13.0. The summed E-state index contributed by atoms with van der Waals surface area (Å²) in [5, 5.41) is 8.86. The van der Waals surface area contributed by atoms with Crippen LogP contribution in [0.2, 0.25) is 0 Å². The highest BCUT2D eigenvalue weighted by Crippen LogP contribution is 2.37. The molecule has 1 aliphatic rings. The summed E-state index contributed by atoms with van der Waals surface area (Å²) < 4.78 is 5.62. The maximum atomic E-state index is 8.86. The molecule has 18 heavy (non-hydrogen) atoms. The summed E-state index contributed by atoms with van der Waals surface area (Å²) in [6, 6.07) is 6.60. The Balaban J connectivity index is 2.21. The van der Waals surface area contributed by atoms with Crippen LogP contribution in [0.4, 0.5) is 0 Å². The monoisotopic (exact) mass is 248 g/mol. The fraction of sp³-hybridized carbons (Fsp3) is 0.625. The number of benzene rings is 1. The molecule has 2 rings (SSSR count). The van der Waals surface area contributed by atoms with Crippen molar-refractivity contribution in [2.75, 3.05) is 13.2 Å². The lowest BCUT2D eigenvalue weighted by molar-refractivity contribution is 0.200. The third-order valence-corrected chi connectivity index (χ3v) is 3.83. The van der Waals surface area contributed by atoms with E-state index in [1.165, 1.54) is 36.8 Å². The van der Waals surface area contributed by atoms with Crippen molar-refractivity contribution in [3.05, 3.63) is 29.3 Å². The molecule has 0 spiro atoms. The molecule has 1 aromatic rings. The van der Waals surface area contributed by atoms with E-state index < -0.39 is 0 Å². The standard InChI is InChI=1S/C16H24O2/c1-12(2)15-11-14(13-5-3-4-6-13)7-8-16(15)18-10-9-17/h7-8,11-13,17H,3-6,9-10H2,1-2H3. The molecule has 2 heteroatoms. The minimum atomic E-state index is 0.0713. The van der Waals surface area contributed by atoms with E-state index in [1.54, 1.807) is 0 Å². The third kappa shape index (κ3) is 3.05. The second kappa shape index (κ2) is 6.24. The Morgan fingerprint density at radius 2 is 2.00 bits per heavy atom. The van der Waals surface area contributed by atoms with Crippen molar-refractivity contribution in [2.45, 2.75) is 51.4 Å². The Morgan fingerprint density at radius 1 is 1.28 bits per heavy atom. The Bertz CT molecular complexity index is 379. The zero-order valence-corrected chi connectivity index (χ0v) is 11.5. The van der Waals surface area contributed by atoms with Crippen LogP contribution in [0, 0.1) is 0 Å². The first-order valence-corrected chi connectivity index (χ1v) is 7.10. The molecule has 2 nitrogen and oxygen atoms in total. The van der Waals surface area contributed by atoms with Crippen molar-refractivity contribution in [1.82, 2.24) is 0 Å². The van der Waals surface area contributed by atoms with Gasteiger partial charge in [0, 0.05) is 0 Å². The van der Waals surface area contributed by atoms with Gasteiger partial charge in [0.2, 0.25) is 0 Å². The SMILES string of the molecule is CC(C)c1cc(C2CCCC2)ccc1OCCO. The van der Waals surface area contributed by atoms with E-state index >= 15 is 0 Å². The van der Waals surface area contributed by atoms with Crippen LogP contribution >= 0.6 is 0 Å². The molecule has 1 N–H and O–H groups in total. The highest BCUT2D eigenvalue weighted by molar-refractivity contribution is 5.40. The number of rotatable bonds is 5. The normalized spacial score (nSPS) is 16.4. The third-order valence-electron chi connectivity index (χ3n) is 3.83. The first kappa shape index (κ1) is 13.4. The van der Waals surface area contributed by atoms with E-state index in [-0.39, 0.29) is 6.61 Å². The molecule has 0 heterocycles. The molecule has 1 aliphatic carbocycles. The molecule has 0 atom stereocenters. The Morgan fingerprint density at radius 3 is 2.61 bits per heavy atom. The number of hydrogen-bond acceptors (Lipinski definition) is 2. The highest BCUT2D eigenvalue weighted by atomic mass is 16.5. The molecule has 0 bridgehead atoms. The van der Waals surface area contributed by atoms with Gasteiger partial charge in [-0.3, -0.25) is 0 Å². The first-order valence-electron chi connectivity index (χ1n) is 7.10. The van der Waals surface area contributed by atoms with Gasteiger partial charge in [-0.05, 0) is 41.9 Å². The Hall–Kier alpha value is -1.02. The van der Waals surface area contributed by atoms with Crippen molar-refractivity contribution in [3.8, 4) is 5.75 Å². The van der Waals surface area contributed by atoms with E-state index in [2.05, 4.69) is 32.0 Å². The lowest BCUT2D eigenvalue weighted by Gasteiger charge is -2.17. The summed E-state index contributed by atoms with van der Waals surface area (Å²) in [6.07, 6.45) is 5.39. The molecule has 0 amide bonds. The van der Waals surface area contributed by atoms with Gasteiger partial charge >= 0.3 is 0 Å². The minimum Gasteiger partial charge on any atom is -0.491 e. The van der Waals surface area contributed by atoms with E-state index in [4.69, 9.17) is 9.84 Å². The number of aliphatic hydroxyl groups is 1. The largest absolute Gasteiger partial charge is 0.491 e. The van der Waals surface area contributed by atoms with Crippen LogP contribution in [0.15, 0.2) is 18.2 Å². The van der Waals surface area contributed by atoms with Crippen LogP contribution in [0.1, 0.15) is 62.5 Å². The molecular weight excluding hydrogens is 224 g/mol. The fourth-order valence-corrected chi connectivity index (χ4v) is 2.82. The van der Waals surface area contributed by atoms with Crippen molar-refractivity contribution in [1.29, 1.82) is 0 Å². The molecule has 1 fully saturated rings. The maximum absolute atomic E-state index is 8.86.